The third-order valence-corrected chi connectivity index (χ3v) is 5.78. The van der Waals surface area contributed by atoms with Crippen molar-refractivity contribution in [2.45, 2.75) is 0 Å². The lowest BCUT2D eigenvalue weighted by atomic mass is 10.1. The van der Waals surface area contributed by atoms with Gasteiger partial charge in [-0.15, -0.1) is 0 Å². The van der Waals surface area contributed by atoms with E-state index in [1.807, 2.05) is 42.5 Å². The van der Waals surface area contributed by atoms with Crippen LogP contribution in [0.4, 0.5) is 5.13 Å². The van der Waals surface area contributed by atoms with Gasteiger partial charge in [-0.25, -0.2) is 4.98 Å². The molecule has 0 fully saturated rings. The van der Waals surface area contributed by atoms with E-state index in [4.69, 9.17) is 21.1 Å². The standard InChI is InChI=1S/C25H18ClN3O3S/c26-20-5-1-3-7-22(20)32-14-13-31-19-11-9-17(10-12-19)15-18(16-27)24(30)29-25-28-21-6-2-4-8-23(21)33-25/h1-12,15H,13-14H2,(H,28,29,30)/b18-15+. The minimum absolute atomic E-state index is 0.0175. The fraction of sp³-hybridized carbons (Fsp3) is 0.0800. The monoisotopic (exact) mass is 475 g/mol. The van der Waals surface area contributed by atoms with E-state index in [1.165, 1.54) is 17.4 Å². The molecule has 0 saturated heterocycles. The fourth-order valence-electron chi connectivity index (χ4n) is 2.94. The van der Waals surface area contributed by atoms with Crippen LogP contribution in [0.2, 0.25) is 5.02 Å². The molecule has 0 aliphatic carbocycles. The van der Waals surface area contributed by atoms with Crippen molar-refractivity contribution in [3.63, 3.8) is 0 Å². The molecule has 0 unspecified atom stereocenters. The number of anilines is 1. The number of nitrogens with zero attached hydrogens (tertiary/aromatic N) is 2. The number of para-hydroxylation sites is 2. The Bertz CT molecular complexity index is 1310. The lowest BCUT2D eigenvalue weighted by molar-refractivity contribution is -0.112. The minimum Gasteiger partial charge on any atom is -0.490 e. The van der Waals surface area contributed by atoms with Gasteiger partial charge in [-0.3, -0.25) is 10.1 Å². The summed E-state index contributed by atoms with van der Waals surface area (Å²) in [5.74, 6) is 0.748. The molecule has 6 nitrogen and oxygen atoms in total. The number of hydrogen-bond acceptors (Lipinski definition) is 6. The van der Waals surface area contributed by atoms with Crippen LogP contribution in [-0.2, 0) is 4.79 Å². The average molecular weight is 476 g/mol. The number of nitrogens with one attached hydrogen (secondary N) is 1. The third kappa shape index (κ3) is 5.89. The number of rotatable bonds is 8. The molecule has 1 heterocycles. The number of ether oxygens (including phenoxy) is 2. The lowest BCUT2D eigenvalue weighted by Gasteiger charge is -2.09. The molecule has 0 atom stereocenters. The van der Waals surface area contributed by atoms with Crippen LogP contribution in [-0.4, -0.2) is 24.1 Å². The van der Waals surface area contributed by atoms with Crippen molar-refractivity contribution in [2.24, 2.45) is 0 Å². The van der Waals surface area contributed by atoms with Crippen molar-refractivity contribution < 1.29 is 14.3 Å². The van der Waals surface area contributed by atoms with E-state index in [9.17, 15) is 10.1 Å². The Morgan fingerprint density at radius 1 is 1.03 bits per heavy atom. The Morgan fingerprint density at radius 3 is 2.52 bits per heavy atom. The molecule has 1 aromatic heterocycles. The first kappa shape index (κ1) is 22.3. The molecule has 0 radical (unpaired) electrons. The number of fused-ring (bicyclic) bond motifs is 1. The van der Waals surface area contributed by atoms with Gasteiger partial charge >= 0.3 is 0 Å². The maximum absolute atomic E-state index is 12.5. The van der Waals surface area contributed by atoms with Gasteiger partial charge in [0, 0.05) is 0 Å². The second-order valence-corrected chi connectivity index (χ2v) is 8.24. The molecule has 0 spiro atoms. The van der Waals surface area contributed by atoms with Gasteiger partial charge in [-0.1, -0.05) is 59.3 Å². The first-order valence-electron chi connectivity index (χ1n) is 10.0. The first-order chi connectivity index (χ1) is 16.1. The van der Waals surface area contributed by atoms with E-state index in [0.29, 0.717) is 40.4 Å². The number of halogens is 1. The van der Waals surface area contributed by atoms with Crippen LogP contribution in [0.1, 0.15) is 5.56 Å². The topological polar surface area (TPSA) is 84.2 Å². The number of carbonyl (C=O) groups excluding carboxylic acids is 1. The highest BCUT2D eigenvalue weighted by atomic mass is 35.5. The molecule has 164 valence electrons. The summed E-state index contributed by atoms with van der Waals surface area (Å²) in [6.45, 7) is 0.685. The molecule has 0 aliphatic rings. The summed E-state index contributed by atoms with van der Waals surface area (Å²) in [6, 6.07) is 23.9. The summed E-state index contributed by atoms with van der Waals surface area (Å²) in [4.78, 5) is 16.9. The van der Waals surface area contributed by atoms with Gasteiger partial charge in [0.15, 0.2) is 5.13 Å². The highest BCUT2D eigenvalue weighted by Gasteiger charge is 2.12. The number of hydrogen-bond donors (Lipinski definition) is 1. The molecule has 3 aromatic carbocycles. The number of carbonyl (C=O) groups is 1. The molecular weight excluding hydrogens is 458 g/mol. The number of thiazole rings is 1. The van der Waals surface area contributed by atoms with Gasteiger partial charge in [-0.05, 0) is 48.0 Å². The Balaban J connectivity index is 1.32. The molecule has 0 bridgehead atoms. The molecule has 8 heteroatoms. The van der Waals surface area contributed by atoms with Gasteiger partial charge in [0.2, 0.25) is 0 Å². The van der Waals surface area contributed by atoms with Gasteiger partial charge in [0.1, 0.15) is 36.4 Å². The summed E-state index contributed by atoms with van der Waals surface area (Å²) in [6.07, 6.45) is 1.52. The summed E-state index contributed by atoms with van der Waals surface area (Å²) < 4.78 is 12.2. The lowest BCUT2D eigenvalue weighted by Crippen LogP contribution is -2.13. The van der Waals surface area contributed by atoms with Crippen molar-refractivity contribution in [3.05, 3.63) is 89.0 Å². The zero-order valence-electron chi connectivity index (χ0n) is 17.3. The average Bonchev–Trinajstić information content (AvgIpc) is 3.24. The third-order valence-electron chi connectivity index (χ3n) is 4.52. The largest absolute Gasteiger partial charge is 0.490 e. The Morgan fingerprint density at radius 2 is 1.76 bits per heavy atom. The molecule has 4 rings (SSSR count). The van der Waals surface area contributed by atoms with Gasteiger partial charge in [0.25, 0.3) is 5.91 Å². The highest BCUT2D eigenvalue weighted by molar-refractivity contribution is 7.22. The Kier molecular flexibility index (Phi) is 7.20. The Labute approximate surface area is 199 Å². The van der Waals surface area contributed by atoms with E-state index in [-0.39, 0.29) is 5.57 Å². The van der Waals surface area contributed by atoms with Crippen LogP contribution < -0.4 is 14.8 Å². The smallest absolute Gasteiger partial charge is 0.268 e. The number of aromatic nitrogens is 1. The maximum atomic E-state index is 12.5. The quantitative estimate of drug-likeness (QED) is 0.193. The molecule has 0 aliphatic heterocycles. The van der Waals surface area contributed by atoms with Gasteiger partial charge in [0.05, 0.1) is 15.2 Å². The second-order valence-electron chi connectivity index (χ2n) is 6.81. The Hall–Kier alpha value is -3.86. The van der Waals surface area contributed by atoms with Crippen LogP contribution in [0, 0.1) is 11.3 Å². The van der Waals surface area contributed by atoms with E-state index < -0.39 is 5.91 Å². The van der Waals surface area contributed by atoms with Crippen LogP contribution in [0.15, 0.2) is 78.4 Å². The van der Waals surface area contributed by atoms with Crippen molar-refractivity contribution in [2.75, 3.05) is 18.5 Å². The van der Waals surface area contributed by atoms with Crippen LogP contribution in [0.25, 0.3) is 16.3 Å². The van der Waals surface area contributed by atoms with Crippen molar-refractivity contribution >= 4 is 50.3 Å². The molecule has 0 saturated carbocycles. The van der Waals surface area contributed by atoms with E-state index in [2.05, 4.69) is 10.3 Å². The van der Waals surface area contributed by atoms with Crippen LogP contribution >= 0.6 is 22.9 Å². The van der Waals surface area contributed by atoms with Crippen LogP contribution in [0.5, 0.6) is 11.5 Å². The predicted octanol–water partition coefficient (Wildman–Crippen LogP) is 5.95. The van der Waals surface area contributed by atoms with Crippen molar-refractivity contribution in [1.82, 2.24) is 4.98 Å². The maximum Gasteiger partial charge on any atom is 0.268 e. The van der Waals surface area contributed by atoms with E-state index in [0.717, 1.165) is 10.2 Å². The summed E-state index contributed by atoms with van der Waals surface area (Å²) >= 11 is 7.41. The van der Waals surface area contributed by atoms with Crippen LogP contribution in [0.3, 0.4) is 0 Å². The summed E-state index contributed by atoms with van der Waals surface area (Å²) in [5.41, 5.74) is 1.48. The predicted molar refractivity (Wildman–Crippen MR) is 131 cm³/mol. The second kappa shape index (κ2) is 10.6. The van der Waals surface area contributed by atoms with Crippen molar-refractivity contribution in [3.8, 4) is 17.6 Å². The molecule has 33 heavy (non-hydrogen) atoms. The molecule has 4 aromatic rings. The highest BCUT2D eigenvalue weighted by Crippen LogP contribution is 2.26. The molecule has 1 N–H and O–H groups in total. The zero-order valence-corrected chi connectivity index (χ0v) is 18.9. The van der Waals surface area contributed by atoms with Gasteiger partial charge in [-0.2, -0.15) is 5.26 Å². The zero-order chi connectivity index (χ0) is 23.0. The van der Waals surface area contributed by atoms with Gasteiger partial charge < -0.3 is 9.47 Å². The van der Waals surface area contributed by atoms with E-state index in [1.54, 1.807) is 36.4 Å². The van der Waals surface area contributed by atoms with E-state index >= 15 is 0 Å². The first-order valence-corrected chi connectivity index (χ1v) is 11.2. The SMILES string of the molecule is N#C/C(=C\c1ccc(OCCOc2ccccc2Cl)cc1)C(=O)Nc1nc2ccccc2s1. The normalized spacial score (nSPS) is 11.1. The fourth-order valence-corrected chi connectivity index (χ4v) is 3.99. The molecular formula is C25H18ClN3O3S. The number of nitriles is 1. The van der Waals surface area contributed by atoms with Crippen molar-refractivity contribution in [1.29, 1.82) is 5.26 Å². The summed E-state index contributed by atoms with van der Waals surface area (Å²) in [7, 11) is 0. The minimum atomic E-state index is -0.506. The number of amides is 1. The number of benzene rings is 3. The summed E-state index contributed by atoms with van der Waals surface area (Å²) in [5, 5.41) is 13.1. The molecule has 1 amide bonds.